The van der Waals surface area contributed by atoms with Crippen LogP contribution < -0.4 is 14.8 Å². The van der Waals surface area contributed by atoms with Crippen LogP contribution in [0.1, 0.15) is 0 Å². The molecule has 0 unspecified atom stereocenters. The van der Waals surface area contributed by atoms with Gasteiger partial charge in [0.15, 0.2) is 5.82 Å². The van der Waals surface area contributed by atoms with Crippen LogP contribution in [0.2, 0.25) is 0 Å². The molecule has 100 valence electrons. The summed E-state index contributed by atoms with van der Waals surface area (Å²) >= 11 is 3.07. The largest absolute Gasteiger partial charge is 0.489 e. The van der Waals surface area contributed by atoms with Crippen LogP contribution in [0.3, 0.4) is 0 Å². The summed E-state index contributed by atoms with van der Waals surface area (Å²) in [5.41, 5.74) is 0. The monoisotopic (exact) mass is 327 g/mol. The number of ether oxygens (including phenoxy) is 2. The van der Waals surface area contributed by atoms with E-state index in [1.807, 2.05) is 0 Å². The molecule has 0 saturated carbocycles. The number of rotatable bonds is 4. The second-order valence-electron chi connectivity index (χ2n) is 3.49. The van der Waals surface area contributed by atoms with Crippen LogP contribution in [-0.4, -0.2) is 24.1 Å². The van der Waals surface area contributed by atoms with Crippen molar-refractivity contribution in [2.75, 3.05) is 19.5 Å². The number of benzene rings is 1. The molecule has 1 heterocycles. The van der Waals surface area contributed by atoms with Crippen molar-refractivity contribution in [3.05, 3.63) is 34.8 Å². The third-order valence-electron chi connectivity index (χ3n) is 2.32. The SMILES string of the molecule is CNc1ncnc(Oc2ccc(Br)c(F)c2)c1OC. The first-order valence-electron chi connectivity index (χ1n) is 5.35. The first-order valence-corrected chi connectivity index (χ1v) is 6.14. The molecule has 0 atom stereocenters. The van der Waals surface area contributed by atoms with Gasteiger partial charge in [-0.15, -0.1) is 0 Å². The maximum Gasteiger partial charge on any atom is 0.268 e. The first kappa shape index (κ1) is 13.5. The minimum atomic E-state index is -0.417. The highest BCUT2D eigenvalue weighted by Gasteiger charge is 2.13. The van der Waals surface area contributed by atoms with Crippen LogP contribution in [0, 0.1) is 5.82 Å². The highest BCUT2D eigenvalue weighted by Crippen LogP contribution is 2.34. The van der Waals surface area contributed by atoms with E-state index in [-0.39, 0.29) is 5.88 Å². The van der Waals surface area contributed by atoms with Crippen molar-refractivity contribution in [1.29, 1.82) is 0 Å². The standard InChI is InChI=1S/C12H11BrFN3O2/c1-15-11-10(18-2)12(17-6-16-11)19-7-3-4-8(13)9(14)5-7/h3-6H,1-2H3,(H,15,16,17). The Labute approximate surface area is 117 Å². The van der Waals surface area contributed by atoms with Crippen LogP contribution in [0.4, 0.5) is 10.2 Å². The molecule has 0 fully saturated rings. The fraction of sp³-hybridized carbons (Fsp3) is 0.167. The Hall–Kier alpha value is -1.89. The average molecular weight is 328 g/mol. The van der Waals surface area contributed by atoms with Crippen molar-refractivity contribution < 1.29 is 13.9 Å². The number of nitrogens with one attached hydrogen (secondary N) is 1. The molecule has 2 rings (SSSR count). The van der Waals surface area contributed by atoms with E-state index in [0.29, 0.717) is 21.8 Å². The molecule has 0 spiro atoms. The van der Waals surface area contributed by atoms with Crippen LogP contribution in [0.25, 0.3) is 0 Å². The van der Waals surface area contributed by atoms with E-state index in [0.717, 1.165) is 0 Å². The quantitative estimate of drug-likeness (QED) is 0.934. The van der Waals surface area contributed by atoms with Gasteiger partial charge >= 0.3 is 0 Å². The molecule has 0 bridgehead atoms. The van der Waals surface area contributed by atoms with Crippen molar-refractivity contribution in [3.8, 4) is 17.4 Å². The van der Waals surface area contributed by atoms with Crippen molar-refractivity contribution in [3.63, 3.8) is 0 Å². The predicted molar refractivity (Wildman–Crippen MR) is 72.3 cm³/mol. The van der Waals surface area contributed by atoms with Gasteiger partial charge in [0.25, 0.3) is 5.88 Å². The van der Waals surface area contributed by atoms with Crippen molar-refractivity contribution in [2.45, 2.75) is 0 Å². The topological polar surface area (TPSA) is 56.3 Å². The normalized spacial score (nSPS) is 10.1. The molecule has 1 aromatic heterocycles. The Kier molecular flexibility index (Phi) is 4.16. The van der Waals surface area contributed by atoms with Gasteiger partial charge in [0.05, 0.1) is 11.6 Å². The van der Waals surface area contributed by atoms with E-state index in [1.165, 1.54) is 19.5 Å². The summed E-state index contributed by atoms with van der Waals surface area (Å²) < 4.78 is 24.5. The third kappa shape index (κ3) is 2.93. The minimum Gasteiger partial charge on any atom is -0.489 e. The average Bonchev–Trinajstić information content (AvgIpc) is 2.42. The summed E-state index contributed by atoms with van der Waals surface area (Å²) in [6.45, 7) is 0. The zero-order valence-corrected chi connectivity index (χ0v) is 11.9. The molecule has 1 aromatic carbocycles. The van der Waals surface area contributed by atoms with E-state index in [1.54, 1.807) is 19.2 Å². The van der Waals surface area contributed by atoms with Gasteiger partial charge in [-0.1, -0.05) is 0 Å². The van der Waals surface area contributed by atoms with Crippen LogP contribution in [0.15, 0.2) is 29.0 Å². The lowest BCUT2D eigenvalue weighted by atomic mass is 10.3. The Balaban J connectivity index is 2.35. The molecule has 0 amide bonds. The molecule has 0 aliphatic carbocycles. The maximum absolute atomic E-state index is 13.4. The van der Waals surface area contributed by atoms with E-state index in [9.17, 15) is 4.39 Å². The second kappa shape index (κ2) is 5.83. The summed E-state index contributed by atoms with van der Waals surface area (Å²) in [5.74, 6) is 0.959. The van der Waals surface area contributed by atoms with Gasteiger partial charge in [0.2, 0.25) is 5.75 Å². The van der Waals surface area contributed by atoms with E-state index < -0.39 is 5.82 Å². The zero-order chi connectivity index (χ0) is 13.8. The summed E-state index contributed by atoms with van der Waals surface area (Å²) in [4.78, 5) is 7.97. The molecule has 5 nitrogen and oxygen atoms in total. The van der Waals surface area contributed by atoms with E-state index in [2.05, 4.69) is 31.2 Å². The number of methoxy groups -OCH3 is 1. The highest BCUT2D eigenvalue weighted by atomic mass is 79.9. The Morgan fingerprint density at radius 2 is 2.11 bits per heavy atom. The van der Waals surface area contributed by atoms with Gasteiger partial charge in [-0.2, -0.15) is 4.98 Å². The lowest BCUT2D eigenvalue weighted by Crippen LogP contribution is -2.01. The molecule has 19 heavy (non-hydrogen) atoms. The van der Waals surface area contributed by atoms with Crippen molar-refractivity contribution in [2.24, 2.45) is 0 Å². The number of halogens is 2. The van der Waals surface area contributed by atoms with Gasteiger partial charge < -0.3 is 14.8 Å². The van der Waals surface area contributed by atoms with Gasteiger partial charge in [-0.3, -0.25) is 0 Å². The van der Waals surface area contributed by atoms with Crippen LogP contribution in [0.5, 0.6) is 17.4 Å². The molecular formula is C12H11BrFN3O2. The maximum atomic E-state index is 13.4. The molecule has 0 saturated heterocycles. The predicted octanol–water partition coefficient (Wildman–Crippen LogP) is 3.22. The summed E-state index contributed by atoms with van der Waals surface area (Å²) in [6.07, 6.45) is 1.33. The molecule has 0 aliphatic heterocycles. The smallest absolute Gasteiger partial charge is 0.268 e. The molecular weight excluding hydrogens is 317 g/mol. The fourth-order valence-corrected chi connectivity index (χ4v) is 1.69. The number of nitrogens with zero attached hydrogens (tertiary/aromatic N) is 2. The Bertz CT molecular complexity index is 595. The van der Waals surface area contributed by atoms with Crippen LogP contribution >= 0.6 is 15.9 Å². The molecule has 1 N–H and O–H groups in total. The Morgan fingerprint density at radius 1 is 1.32 bits per heavy atom. The highest BCUT2D eigenvalue weighted by molar-refractivity contribution is 9.10. The number of hydrogen-bond acceptors (Lipinski definition) is 5. The molecule has 0 radical (unpaired) electrons. The summed E-state index contributed by atoms with van der Waals surface area (Å²) in [6, 6.07) is 4.43. The van der Waals surface area contributed by atoms with Gasteiger partial charge in [-0.25, -0.2) is 9.37 Å². The lowest BCUT2D eigenvalue weighted by molar-refractivity contribution is 0.368. The minimum absolute atomic E-state index is 0.212. The lowest BCUT2D eigenvalue weighted by Gasteiger charge is -2.11. The second-order valence-corrected chi connectivity index (χ2v) is 4.34. The molecule has 2 aromatic rings. The van der Waals surface area contributed by atoms with Crippen molar-refractivity contribution in [1.82, 2.24) is 9.97 Å². The first-order chi connectivity index (χ1) is 9.15. The van der Waals surface area contributed by atoms with Crippen LogP contribution in [-0.2, 0) is 0 Å². The van der Waals surface area contributed by atoms with Crippen molar-refractivity contribution >= 4 is 21.7 Å². The number of aromatic nitrogens is 2. The Morgan fingerprint density at radius 3 is 2.74 bits per heavy atom. The summed E-state index contributed by atoms with van der Waals surface area (Å²) in [7, 11) is 3.18. The van der Waals surface area contributed by atoms with E-state index >= 15 is 0 Å². The number of anilines is 1. The van der Waals surface area contributed by atoms with Gasteiger partial charge in [-0.05, 0) is 28.1 Å². The zero-order valence-electron chi connectivity index (χ0n) is 10.3. The third-order valence-corrected chi connectivity index (χ3v) is 2.96. The molecule has 0 aliphatic rings. The van der Waals surface area contributed by atoms with Gasteiger partial charge in [0, 0.05) is 13.1 Å². The molecule has 7 heteroatoms. The fourth-order valence-electron chi connectivity index (χ4n) is 1.44. The summed E-state index contributed by atoms with van der Waals surface area (Å²) in [5, 5.41) is 2.86. The van der Waals surface area contributed by atoms with Gasteiger partial charge in [0.1, 0.15) is 17.9 Å². The van der Waals surface area contributed by atoms with E-state index in [4.69, 9.17) is 9.47 Å². The number of hydrogen-bond donors (Lipinski definition) is 1.